The Labute approximate surface area is 121 Å². The van der Waals surface area contributed by atoms with Crippen LogP contribution in [-0.2, 0) is 14.6 Å². The van der Waals surface area contributed by atoms with Gasteiger partial charge in [0.2, 0.25) is 15.0 Å². The summed E-state index contributed by atoms with van der Waals surface area (Å²) >= 11 is 5.82. The van der Waals surface area contributed by atoms with Crippen molar-refractivity contribution in [2.45, 2.75) is 24.1 Å². The Morgan fingerprint density at radius 2 is 2.35 bits per heavy atom. The summed E-state index contributed by atoms with van der Waals surface area (Å²) in [4.78, 5) is 19.3. The summed E-state index contributed by atoms with van der Waals surface area (Å²) in [5, 5.41) is 2.20. The van der Waals surface area contributed by atoms with Crippen LogP contribution in [0.25, 0.3) is 0 Å². The molecule has 2 rings (SSSR count). The lowest BCUT2D eigenvalue weighted by atomic mass is 10.2. The molecule has 0 spiro atoms. The zero-order chi connectivity index (χ0) is 14.8. The third kappa shape index (κ3) is 3.65. The van der Waals surface area contributed by atoms with E-state index < -0.39 is 20.9 Å². The Morgan fingerprint density at radius 1 is 1.60 bits per heavy atom. The van der Waals surface area contributed by atoms with E-state index in [0.717, 1.165) is 25.3 Å². The van der Waals surface area contributed by atoms with Gasteiger partial charge >= 0.3 is 0 Å². The minimum Gasteiger partial charge on any atom is -0.376 e. The molecule has 7 nitrogen and oxygen atoms in total. The molecule has 110 valence electrons. The highest BCUT2D eigenvalue weighted by atomic mass is 35.5. The lowest BCUT2D eigenvalue weighted by molar-refractivity contribution is 0.0853. The van der Waals surface area contributed by atoms with E-state index in [1.54, 1.807) is 0 Å². The van der Waals surface area contributed by atoms with Gasteiger partial charge in [-0.2, -0.15) is 0 Å². The molecule has 2 heterocycles. The number of hydrogen-bond acceptors (Lipinski definition) is 6. The molecule has 0 aliphatic carbocycles. The molecule has 1 amide bonds. The van der Waals surface area contributed by atoms with Gasteiger partial charge in [0.25, 0.3) is 5.91 Å². The highest BCUT2D eigenvalue weighted by molar-refractivity contribution is 7.90. The zero-order valence-electron chi connectivity index (χ0n) is 10.8. The predicted molar refractivity (Wildman–Crippen MR) is 71.5 cm³/mol. The van der Waals surface area contributed by atoms with E-state index >= 15 is 0 Å². The van der Waals surface area contributed by atoms with Gasteiger partial charge in [0.1, 0.15) is 0 Å². The first-order valence-corrected chi connectivity index (χ1v) is 8.27. The fourth-order valence-electron chi connectivity index (χ4n) is 1.78. The average Bonchev–Trinajstić information content (AvgIpc) is 2.88. The Morgan fingerprint density at radius 3 is 2.95 bits per heavy atom. The standard InChI is InChI=1S/C11H14ClN3O4S/c1-20(17,18)11-14-6-8(12)9(15-11)10(16)13-5-7-3-2-4-19-7/h6-7H,2-5H2,1H3,(H,13,16). The number of amides is 1. The SMILES string of the molecule is CS(=O)(=O)c1ncc(Cl)c(C(=O)NCC2CCCO2)n1. The summed E-state index contributed by atoms with van der Waals surface area (Å²) in [6.45, 7) is 1.03. The number of carbonyl (C=O) groups is 1. The number of sulfone groups is 1. The van der Waals surface area contributed by atoms with Crippen LogP contribution in [0.5, 0.6) is 0 Å². The van der Waals surface area contributed by atoms with E-state index in [0.29, 0.717) is 13.2 Å². The predicted octanol–water partition coefficient (Wildman–Crippen LogP) is 0.442. The van der Waals surface area contributed by atoms with E-state index in [1.165, 1.54) is 0 Å². The molecule has 9 heteroatoms. The van der Waals surface area contributed by atoms with Crippen LogP contribution in [0.2, 0.25) is 5.02 Å². The van der Waals surface area contributed by atoms with E-state index in [4.69, 9.17) is 16.3 Å². The van der Waals surface area contributed by atoms with Crippen LogP contribution in [0.3, 0.4) is 0 Å². The van der Waals surface area contributed by atoms with Crippen LogP contribution in [-0.4, -0.2) is 49.8 Å². The van der Waals surface area contributed by atoms with Crippen molar-refractivity contribution in [3.8, 4) is 0 Å². The number of nitrogens with zero attached hydrogens (tertiary/aromatic N) is 2. The molecule has 20 heavy (non-hydrogen) atoms. The van der Waals surface area contributed by atoms with Crippen molar-refractivity contribution in [2.75, 3.05) is 19.4 Å². The molecule has 0 aromatic carbocycles. The molecule has 1 aliphatic rings. The van der Waals surface area contributed by atoms with Crippen LogP contribution in [0.4, 0.5) is 0 Å². The average molecular weight is 320 g/mol. The van der Waals surface area contributed by atoms with Crippen molar-refractivity contribution in [1.29, 1.82) is 0 Å². The summed E-state index contributed by atoms with van der Waals surface area (Å²) in [7, 11) is -3.59. The monoisotopic (exact) mass is 319 g/mol. The summed E-state index contributed by atoms with van der Waals surface area (Å²) in [5.74, 6) is -0.544. The van der Waals surface area contributed by atoms with Gasteiger partial charge in [-0.1, -0.05) is 11.6 Å². The van der Waals surface area contributed by atoms with Gasteiger partial charge < -0.3 is 10.1 Å². The first kappa shape index (κ1) is 15.1. The maximum absolute atomic E-state index is 12.0. The van der Waals surface area contributed by atoms with Crippen molar-refractivity contribution in [1.82, 2.24) is 15.3 Å². The van der Waals surface area contributed by atoms with E-state index in [2.05, 4.69) is 15.3 Å². The molecule has 1 unspecified atom stereocenters. The topological polar surface area (TPSA) is 98.2 Å². The second-order valence-electron chi connectivity index (χ2n) is 4.47. The summed E-state index contributed by atoms with van der Waals surface area (Å²) in [5.41, 5.74) is -0.153. The molecular formula is C11H14ClN3O4S. The number of carbonyl (C=O) groups excluding carboxylic acids is 1. The first-order chi connectivity index (χ1) is 9.38. The van der Waals surface area contributed by atoms with Crippen molar-refractivity contribution in [3.63, 3.8) is 0 Å². The third-order valence-corrected chi connectivity index (χ3v) is 3.92. The lowest BCUT2D eigenvalue weighted by Gasteiger charge is -2.11. The van der Waals surface area contributed by atoms with Crippen molar-refractivity contribution >= 4 is 27.3 Å². The van der Waals surface area contributed by atoms with E-state index in [1.807, 2.05) is 0 Å². The molecule has 1 atom stereocenters. The van der Waals surface area contributed by atoms with Crippen LogP contribution < -0.4 is 5.32 Å². The first-order valence-electron chi connectivity index (χ1n) is 6.00. The van der Waals surface area contributed by atoms with Crippen LogP contribution in [0.15, 0.2) is 11.4 Å². The highest BCUT2D eigenvalue weighted by Gasteiger charge is 2.21. The summed E-state index contributed by atoms with van der Waals surface area (Å²) in [6.07, 6.45) is 3.89. The van der Waals surface area contributed by atoms with Gasteiger partial charge in [-0.3, -0.25) is 4.79 Å². The summed E-state index contributed by atoms with van der Waals surface area (Å²) < 4.78 is 28.1. The molecule has 1 aromatic rings. The van der Waals surface area contributed by atoms with Crippen LogP contribution in [0, 0.1) is 0 Å². The zero-order valence-corrected chi connectivity index (χ0v) is 12.4. The molecule has 1 N–H and O–H groups in total. The van der Waals surface area contributed by atoms with Gasteiger partial charge in [0.05, 0.1) is 17.3 Å². The van der Waals surface area contributed by atoms with Crippen LogP contribution >= 0.6 is 11.6 Å². The maximum Gasteiger partial charge on any atom is 0.271 e. The summed E-state index contributed by atoms with van der Waals surface area (Å²) in [6, 6.07) is 0. The molecular weight excluding hydrogens is 306 g/mol. The molecule has 1 aromatic heterocycles. The quantitative estimate of drug-likeness (QED) is 0.809. The molecule has 1 aliphatic heterocycles. The smallest absolute Gasteiger partial charge is 0.271 e. The Balaban J connectivity index is 2.12. The van der Waals surface area contributed by atoms with Gasteiger partial charge in [-0.15, -0.1) is 0 Å². The normalized spacial score (nSPS) is 19.0. The Kier molecular flexibility index (Phi) is 4.56. The van der Waals surface area contributed by atoms with E-state index in [9.17, 15) is 13.2 Å². The van der Waals surface area contributed by atoms with Gasteiger partial charge in [0, 0.05) is 19.4 Å². The number of hydrogen-bond donors (Lipinski definition) is 1. The molecule has 0 radical (unpaired) electrons. The van der Waals surface area contributed by atoms with Crippen molar-refractivity contribution in [3.05, 3.63) is 16.9 Å². The fourth-order valence-corrected chi connectivity index (χ4v) is 2.46. The second-order valence-corrected chi connectivity index (χ2v) is 6.78. The second kappa shape index (κ2) is 6.02. The molecule has 1 saturated heterocycles. The number of halogens is 1. The van der Waals surface area contributed by atoms with Crippen LogP contribution in [0.1, 0.15) is 23.3 Å². The highest BCUT2D eigenvalue weighted by Crippen LogP contribution is 2.15. The maximum atomic E-state index is 12.0. The van der Waals surface area contributed by atoms with Gasteiger partial charge in [-0.25, -0.2) is 18.4 Å². The fraction of sp³-hybridized carbons (Fsp3) is 0.545. The minimum atomic E-state index is -3.59. The molecule has 0 saturated carbocycles. The Bertz CT molecular complexity index is 614. The minimum absolute atomic E-state index is 0.00207. The number of ether oxygens (including phenoxy) is 1. The number of aromatic nitrogens is 2. The number of nitrogens with one attached hydrogen (secondary N) is 1. The Hall–Kier alpha value is -1.25. The lowest BCUT2D eigenvalue weighted by Crippen LogP contribution is -2.32. The van der Waals surface area contributed by atoms with E-state index in [-0.39, 0.29) is 16.8 Å². The third-order valence-electron chi connectivity index (χ3n) is 2.78. The molecule has 0 bridgehead atoms. The van der Waals surface area contributed by atoms with Crippen molar-refractivity contribution < 1.29 is 17.9 Å². The largest absolute Gasteiger partial charge is 0.376 e. The van der Waals surface area contributed by atoms with Gasteiger partial charge in [-0.05, 0) is 12.8 Å². The molecule has 1 fully saturated rings. The number of rotatable bonds is 4. The van der Waals surface area contributed by atoms with Crippen molar-refractivity contribution in [2.24, 2.45) is 0 Å². The van der Waals surface area contributed by atoms with Gasteiger partial charge in [0.15, 0.2) is 5.69 Å².